The molecule has 6 heteroatoms. The molecule has 1 aromatic rings. The quantitative estimate of drug-likeness (QED) is 0.865. The van der Waals surface area contributed by atoms with E-state index in [4.69, 9.17) is 9.47 Å². The highest BCUT2D eigenvalue weighted by atomic mass is 19.4. The van der Waals surface area contributed by atoms with Gasteiger partial charge in [0, 0.05) is 18.5 Å². The summed E-state index contributed by atoms with van der Waals surface area (Å²) in [5, 5.41) is 2.88. The first kappa shape index (κ1) is 15.6. The summed E-state index contributed by atoms with van der Waals surface area (Å²) in [6, 6.07) is 4.70. The van der Waals surface area contributed by atoms with E-state index in [1.165, 1.54) is 14.2 Å². The minimum Gasteiger partial charge on any atom is -0.497 e. The number of rotatable bonds is 6. The van der Waals surface area contributed by atoms with Crippen LogP contribution in [0.3, 0.4) is 0 Å². The number of nitrogens with one attached hydrogen (secondary N) is 1. The lowest BCUT2D eigenvalue weighted by atomic mass is 10.0. The van der Waals surface area contributed by atoms with Crippen molar-refractivity contribution in [2.75, 3.05) is 21.3 Å². The first-order valence-electron chi connectivity index (χ1n) is 5.86. The average molecular weight is 277 g/mol. The Morgan fingerprint density at radius 2 is 1.63 bits per heavy atom. The molecule has 1 N–H and O–H groups in total. The van der Waals surface area contributed by atoms with Crippen LogP contribution in [0, 0.1) is 0 Å². The van der Waals surface area contributed by atoms with Crippen LogP contribution in [-0.2, 0) is 0 Å². The van der Waals surface area contributed by atoms with E-state index in [0.717, 1.165) is 0 Å². The van der Waals surface area contributed by atoms with Crippen molar-refractivity contribution in [2.24, 2.45) is 0 Å². The molecule has 0 heterocycles. The van der Waals surface area contributed by atoms with E-state index in [2.05, 4.69) is 5.32 Å². The number of methoxy groups -OCH3 is 2. The van der Waals surface area contributed by atoms with E-state index < -0.39 is 18.6 Å². The fourth-order valence-corrected chi connectivity index (χ4v) is 1.82. The smallest absolute Gasteiger partial charge is 0.389 e. The summed E-state index contributed by atoms with van der Waals surface area (Å²) in [4.78, 5) is 0. The summed E-state index contributed by atoms with van der Waals surface area (Å²) in [5.74, 6) is 1.11. The summed E-state index contributed by atoms with van der Waals surface area (Å²) >= 11 is 0. The zero-order chi connectivity index (χ0) is 14.5. The Labute approximate surface area is 110 Å². The molecule has 3 nitrogen and oxygen atoms in total. The maximum absolute atomic E-state index is 12.3. The fourth-order valence-electron chi connectivity index (χ4n) is 1.82. The molecule has 0 saturated carbocycles. The van der Waals surface area contributed by atoms with Gasteiger partial charge >= 0.3 is 6.18 Å². The van der Waals surface area contributed by atoms with Crippen LogP contribution in [0.5, 0.6) is 11.5 Å². The SMILES string of the molecule is CNC(CCC(F)(F)F)c1cc(OC)cc(OC)c1. The molecule has 0 saturated heterocycles. The normalized spacial score (nSPS) is 13.2. The summed E-state index contributed by atoms with van der Waals surface area (Å²) in [6.07, 6.45) is -5.02. The molecule has 0 amide bonds. The highest BCUT2D eigenvalue weighted by molar-refractivity contribution is 5.39. The van der Waals surface area contributed by atoms with Gasteiger partial charge in [0.1, 0.15) is 11.5 Å². The molecule has 108 valence electrons. The molecule has 0 fully saturated rings. The molecular formula is C13H18F3NO2. The zero-order valence-electron chi connectivity index (χ0n) is 11.2. The number of hydrogen-bond donors (Lipinski definition) is 1. The van der Waals surface area contributed by atoms with Gasteiger partial charge in [-0.15, -0.1) is 0 Å². The first-order valence-corrected chi connectivity index (χ1v) is 5.86. The van der Waals surface area contributed by atoms with E-state index >= 15 is 0 Å². The van der Waals surface area contributed by atoms with Crippen molar-refractivity contribution in [3.8, 4) is 11.5 Å². The topological polar surface area (TPSA) is 30.5 Å². The van der Waals surface area contributed by atoms with Crippen LogP contribution < -0.4 is 14.8 Å². The zero-order valence-corrected chi connectivity index (χ0v) is 11.2. The third-order valence-electron chi connectivity index (χ3n) is 2.84. The maximum atomic E-state index is 12.3. The molecular weight excluding hydrogens is 259 g/mol. The molecule has 0 aliphatic carbocycles. The van der Waals surface area contributed by atoms with Crippen molar-refractivity contribution < 1.29 is 22.6 Å². The Hall–Kier alpha value is -1.43. The van der Waals surface area contributed by atoms with E-state index in [1.54, 1.807) is 25.2 Å². The van der Waals surface area contributed by atoms with Crippen LogP contribution in [0.15, 0.2) is 18.2 Å². The monoisotopic (exact) mass is 277 g/mol. The largest absolute Gasteiger partial charge is 0.497 e. The Balaban J connectivity index is 2.90. The standard InChI is InChI=1S/C13H18F3NO2/c1-17-12(4-5-13(14,15)16)9-6-10(18-2)8-11(7-9)19-3/h6-8,12,17H,4-5H2,1-3H3. The Morgan fingerprint density at radius 1 is 1.11 bits per heavy atom. The molecule has 0 aromatic heterocycles. The third-order valence-corrected chi connectivity index (χ3v) is 2.84. The summed E-state index contributed by atoms with van der Waals surface area (Å²) in [7, 11) is 4.64. The van der Waals surface area contributed by atoms with Gasteiger partial charge in [0.05, 0.1) is 14.2 Å². The predicted octanol–water partition coefficient (Wildman–Crippen LogP) is 3.31. The van der Waals surface area contributed by atoms with Gasteiger partial charge in [-0.1, -0.05) is 0 Å². The van der Waals surface area contributed by atoms with Crippen molar-refractivity contribution in [3.05, 3.63) is 23.8 Å². The van der Waals surface area contributed by atoms with Gasteiger partial charge in [-0.25, -0.2) is 0 Å². The Kier molecular flexibility index (Phi) is 5.47. The molecule has 1 aromatic carbocycles. The van der Waals surface area contributed by atoms with Crippen molar-refractivity contribution >= 4 is 0 Å². The van der Waals surface area contributed by atoms with Crippen LogP contribution in [0.4, 0.5) is 13.2 Å². The number of halogens is 3. The van der Waals surface area contributed by atoms with Gasteiger partial charge < -0.3 is 14.8 Å². The average Bonchev–Trinajstić information content (AvgIpc) is 2.37. The highest BCUT2D eigenvalue weighted by Gasteiger charge is 2.28. The number of ether oxygens (including phenoxy) is 2. The van der Waals surface area contributed by atoms with Gasteiger partial charge in [-0.3, -0.25) is 0 Å². The molecule has 0 aliphatic rings. The summed E-state index contributed by atoms with van der Waals surface area (Å²) in [6.45, 7) is 0. The van der Waals surface area contributed by atoms with E-state index in [-0.39, 0.29) is 6.42 Å². The van der Waals surface area contributed by atoms with Gasteiger partial charge in [0.25, 0.3) is 0 Å². The van der Waals surface area contributed by atoms with Crippen molar-refractivity contribution in [1.29, 1.82) is 0 Å². The van der Waals surface area contributed by atoms with Crippen molar-refractivity contribution in [1.82, 2.24) is 5.32 Å². The minimum atomic E-state index is -4.15. The first-order chi connectivity index (χ1) is 8.89. The maximum Gasteiger partial charge on any atom is 0.389 e. The van der Waals surface area contributed by atoms with Gasteiger partial charge in [0.2, 0.25) is 0 Å². The lowest BCUT2D eigenvalue weighted by Crippen LogP contribution is -2.19. The lowest BCUT2D eigenvalue weighted by Gasteiger charge is -2.19. The summed E-state index contributed by atoms with van der Waals surface area (Å²) < 4.78 is 47.1. The molecule has 1 unspecified atom stereocenters. The van der Waals surface area contributed by atoms with Crippen LogP contribution in [-0.4, -0.2) is 27.4 Å². The highest BCUT2D eigenvalue weighted by Crippen LogP contribution is 2.31. The molecule has 0 bridgehead atoms. The lowest BCUT2D eigenvalue weighted by molar-refractivity contribution is -0.136. The van der Waals surface area contributed by atoms with E-state index in [1.807, 2.05) is 0 Å². The van der Waals surface area contributed by atoms with E-state index in [0.29, 0.717) is 17.1 Å². The number of benzene rings is 1. The number of alkyl halides is 3. The molecule has 0 aliphatic heterocycles. The van der Waals surface area contributed by atoms with Gasteiger partial charge in [-0.2, -0.15) is 13.2 Å². The molecule has 1 rings (SSSR count). The molecule has 1 atom stereocenters. The van der Waals surface area contributed by atoms with Crippen LogP contribution >= 0.6 is 0 Å². The second-order valence-electron chi connectivity index (χ2n) is 4.14. The van der Waals surface area contributed by atoms with Crippen LogP contribution in [0.25, 0.3) is 0 Å². The van der Waals surface area contributed by atoms with Crippen molar-refractivity contribution in [2.45, 2.75) is 25.1 Å². The third kappa shape index (κ3) is 4.98. The van der Waals surface area contributed by atoms with Crippen LogP contribution in [0.1, 0.15) is 24.4 Å². The van der Waals surface area contributed by atoms with Crippen LogP contribution in [0.2, 0.25) is 0 Å². The molecule has 0 spiro atoms. The molecule has 19 heavy (non-hydrogen) atoms. The minimum absolute atomic E-state index is 0.0314. The summed E-state index contributed by atoms with van der Waals surface area (Å²) in [5.41, 5.74) is 0.711. The fraction of sp³-hybridized carbons (Fsp3) is 0.538. The van der Waals surface area contributed by atoms with E-state index in [9.17, 15) is 13.2 Å². The molecule has 0 radical (unpaired) electrons. The van der Waals surface area contributed by atoms with Gasteiger partial charge in [0.15, 0.2) is 0 Å². The van der Waals surface area contributed by atoms with Gasteiger partial charge in [-0.05, 0) is 31.2 Å². The Morgan fingerprint density at radius 3 is 2.00 bits per heavy atom. The predicted molar refractivity (Wildman–Crippen MR) is 66.6 cm³/mol. The van der Waals surface area contributed by atoms with Crippen molar-refractivity contribution in [3.63, 3.8) is 0 Å². The Bertz CT molecular complexity index is 385. The second kappa shape index (κ2) is 6.65. The second-order valence-corrected chi connectivity index (χ2v) is 4.14. The number of hydrogen-bond acceptors (Lipinski definition) is 3.